The standard InChI is InChI=1S/C21H40N6O7S/c1-35-11-8-15(21(33)34)26-20(32)16(12-17(28)29)27-19(31)14(7-3-5-10-23)25-18(30)13(24)6-2-4-9-22/h13-16H,2-12,22-24H2,1H3,(H,25,30)(H,26,32)(H,27,31)(H,28,29)(H,33,34). The van der Waals surface area contributed by atoms with Crippen molar-refractivity contribution >= 4 is 41.4 Å². The molecule has 4 unspecified atom stereocenters. The van der Waals surface area contributed by atoms with Gasteiger partial charge in [-0.15, -0.1) is 0 Å². The van der Waals surface area contributed by atoms with E-state index in [2.05, 4.69) is 16.0 Å². The van der Waals surface area contributed by atoms with Crippen LogP contribution in [-0.2, 0) is 24.0 Å². The Labute approximate surface area is 209 Å². The average Bonchev–Trinajstić information content (AvgIpc) is 2.79. The molecule has 4 atom stereocenters. The van der Waals surface area contributed by atoms with Crippen molar-refractivity contribution in [3.63, 3.8) is 0 Å². The van der Waals surface area contributed by atoms with E-state index in [1.165, 1.54) is 11.8 Å². The lowest BCUT2D eigenvalue weighted by atomic mass is 10.0. The van der Waals surface area contributed by atoms with Gasteiger partial charge in [0.2, 0.25) is 17.7 Å². The minimum absolute atomic E-state index is 0.121. The number of thioether (sulfide) groups is 1. The Kier molecular flexibility index (Phi) is 17.5. The van der Waals surface area contributed by atoms with Crippen molar-refractivity contribution in [3.8, 4) is 0 Å². The summed E-state index contributed by atoms with van der Waals surface area (Å²) >= 11 is 1.39. The summed E-state index contributed by atoms with van der Waals surface area (Å²) in [5.74, 6) is -4.47. The van der Waals surface area contributed by atoms with E-state index in [9.17, 15) is 34.2 Å². The molecule has 14 heteroatoms. The summed E-state index contributed by atoms with van der Waals surface area (Å²) in [6, 6.07) is -4.72. The van der Waals surface area contributed by atoms with Crippen LogP contribution in [0.15, 0.2) is 0 Å². The monoisotopic (exact) mass is 520 g/mol. The molecule has 0 aliphatic heterocycles. The van der Waals surface area contributed by atoms with Gasteiger partial charge in [0.15, 0.2) is 0 Å². The van der Waals surface area contributed by atoms with Crippen molar-refractivity contribution in [2.24, 2.45) is 17.2 Å². The number of carbonyl (C=O) groups is 5. The average molecular weight is 521 g/mol. The highest BCUT2D eigenvalue weighted by Crippen LogP contribution is 2.07. The summed E-state index contributed by atoms with van der Waals surface area (Å²) in [5, 5.41) is 25.7. The van der Waals surface area contributed by atoms with Gasteiger partial charge in [0.05, 0.1) is 12.5 Å². The number of rotatable bonds is 20. The highest BCUT2D eigenvalue weighted by Gasteiger charge is 2.31. The van der Waals surface area contributed by atoms with Crippen LogP contribution < -0.4 is 33.2 Å². The molecule has 0 bridgehead atoms. The predicted octanol–water partition coefficient (Wildman–Crippen LogP) is -1.66. The van der Waals surface area contributed by atoms with Gasteiger partial charge in [-0.3, -0.25) is 19.2 Å². The van der Waals surface area contributed by atoms with Crippen molar-refractivity contribution in [1.82, 2.24) is 16.0 Å². The van der Waals surface area contributed by atoms with Gasteiger partial charge >= 0.3 is 11.9 Å². The third kappa shape index (κ3) is 14.5. The zero-order chi connectivity index (χ0) is 26.8. The largest absolute Gasteiger partial charge is 0.481 e. The second-order valence-electron chi connectivity index (χ2n) is 8.08. The molecule has 0 heterocycles. The van der Waals surface area contributed by atoms with E-state index in [1.54, 1.807) is 6.26 Å². The van der Waals surface area contributed by atoms with Crippen LogP contribution in [0, 0.1) is 0 Å². The molecule has 35 heavy (non-hydrogen) atoms. The molecule has 0 aromatic carbocycles. The summed E-state index contributed by atoms with van der Waals surface area (Å²) in [6.07, 6.45) is 4.09. The molecule has 0 aromatic heterocycles. The maximum Gasteiger partial charge on any atom is 0.326 e. The zero-order valence-corrected chi connectivity index (χ0v) is 21.0. The molecule has 11 N–H and O–H groups in total. The first-order valence-corrected chi connectivity index (χ1v) is 13.0. The number of hydrogen-bond donors (Lipinski definition) is 8. The molecule has 0 spiro atoms. The van der Waals surface area contributed by atoms with E-state index in [4.69, 9.17) is 17.2 Å². The second kappa shape index (κ2) is 18.9. The molecular formula is C21H40N6O7S. The summed E-state index contributed by atoms with van der Waals surface area (Å²) in [5.41, 5.74) is 16.8. The van der Waals surface area contributed by atoms with Crippen LogP contribution in [0.3, 0.4) is 0 Å². The fraction of sp³-hybridized carbons (Fsp3) is 0.762. The Hall–Kier alpha value is -2.42. The van der Waals surface area contributed by atoms with Gasteiger partial charge in [-0.05, 0) is 63.6 Å². The zero-order valence-electron chi connectivity index (χ0n) is 20.2. The molecule has 0 aliphatic carbocycles. The Morgan fingerprint density at radius 1 is 0.743 bits per heavy atom. The molecule has 0 rings (SSSR count). The first kappa shape index (κ1) is 32.6. The summed E-state index contributed by atoms with van der Waals surface area (Å²) in [6.45, 7) is 0.836. The highest BCUT2D eigenvalue weighted by atomic mass is 32.2. The van der Waals surface area contributed by atoms with Crippen molar-refractivity contribution < 1.29 is 34.2 Å². The molecule has 13 nitrogen and oxygen atoms in total. The molecule has 0 saturated heterocycles. The highest BCUT2D eigenvalue weighted by molar-refractivity contribution is 7.98. The number of nitrogens with one attached hydrogen (secondary N) is 3. The summed E-state index contributed by atoms with van der Waals surface area (Å²) in [7, 11) is 0. The van der Waals surface area contributed by atoms with Crippen LogP contribution >= 0.6 is 11.8 Å². The van der Waals surface area contributed by atoms with E-state index in [-0.39, 0.29) is 12.8 Å². The van der Waals surface area contributed by atoms with Crippen LogP contribution in [0.1, 0.15) is 51.4 Å². The van der Waals surface area contributed by atoms with Gasteiger partial charge in [0, 0.05) is 0 Å². The van der Waals surface area contributed by atoms with E-state index >= 15 is 0 Å². The number of unbranched alkanes of at least 4 members (excludes halogenated alkanes) is 2. The van der Waals surface area contributed by atoms with Crippen molar-refractivity contribution in [2.45, 2.75) is 75.5 Å². The first-order valence-electron chi connectivity index (χ1n) is 11.6. The predicted molar refractivity (Wildman–Crippen MR) is 132 cm³/mol. The summed E-state index contributed by atoms with van der Waals surface area (Å²) < 4.78 is 0. The van der Waals surface area contributed by atoms with E-state index in [0.29, 0.717) is 50.9 Å². The minimum atomic E-state index is -1.54. The fourth-order valence-electron chi connectivity index (χ4n) is 3.10. The first-order chi connectivity index (χ1) is 16.6. The maximum atomic E-state index is 12.9. The number of carbonyl (C=O) groups excluding carboxylic acids is 3. The third-order valence-corrected chi connectivity index (χ3v) is 5.77. The lowest BCUT2D eigenvalue weighted by molar-refractivity contribution is -0.143. The molecule has 0 fully saturated rings. The third-order valence-electron chi connectivity index (χ3n) is 5.12. The van der Waals surface area contributed by atoms with Gasteiger partial charge in [0.25, 0.3) is 0 Å². The number of carboxylic acids is 2. The molecule has 0 aromatic rings. The Balaban J connectivity index is 5.42. The number of aliphatic carboxylic acids is 2. The SMILES string of the molecule is CSCCC(NC(=O)C(CC(=O)O)NC(=O)C(CCCCN)NC(=O)C(N)CCCCN)C(=O)O. The van der Waals surface area contributed by atoms with Crippen LogP contribution in [0.2, 0.25) is 0 Å². The Morgan fingerprint density at radius 2 is 1.26 bits per heavy atom. The van der Waals surface area contributed by atoms with Crippen molar-refractivity contribution in [1.29, 1.82) is 0 Å². The van der Waals surface area contributed by atoms with Gasteiger partial charge < -0.3 is 43.4 Å². The molecule has 0 aliphatic rings. The van der Waals surface area contributed by atoms with Crippen molar-refractivity contribution in [2.75, 3.05) is 25.1 Å². The minimum Gasteiger partial charge on any atom is -0.481 e. The molecule has 202 valence electrons. The normalized spacial score (nSPS) is 14.3. The van der Waals surface area contributed by atoms with Gasteiger partial charge in [-0.25, -0.2) is 4.79 Å². The van der Waals surface area contributed by atoms with Gasteiger partial charge in [0.1, 0.15) is 18.1 Å². The lowest BCUT2D eigenvalue weighted by Gasteiger charge is -2.24. The van der Waals surface area contributed by atoms with Crippen LogP contribution in [0.25, 0.3) is 0 Å². The maximum absolute atomic E-state index is 12.9. The van der Waals surface area contributed by atoms with E-state index < -0.39 is 60.2 Å². The van der Waals surface area contributed by atoms with E-state index in [0.717, 1.165) is 0 Å². The van der Waals surface area contributed by atoms with Crippen LogP contribution in [0.5, 0.6) is 0 Å². The smallest absolute Gasteiger partial charge is 0.326 e. The molecule has 0 saturated carbocycles. The lowest BCUT2D eigenvalue weighted by Crippen LogP contribution is -2.57. The number of amides is 3. The number of nitrogens with two attached hydrogens (primary N) is 3. The number of hydrogen-bond acceptors (Lipinski definition) is 9. The quantitative estimate of drug-likeness (QED) is 0.0844. The van der Waals surface area contributed by atoms with Crippen LogP contribution in [0.4, 0.5) is 0 Å². The second-order valence-corrected chi connectivity index (χ2v) is 9.06. The number of carboxylic acid groups (broad SMARTS) is 2. The van der Waals surface area contributed by atoms with Crippen molar-refractivity contribution in [3.05, 3.63) is 0 Å². The van der Waals surface area contributed by atoms with E-state index in [1.807, 2.05) is 0 Å². The Morgan fingerprint density at radius 3 is 1.77 bits per heavy atom. The fourth-order valence-corrected chi connectivity index (χ4v) is 3.57. The molecular weight excluding hydrogens is 480 g/mol. The topological polar surface area (TPSA) is 240 Å². The molecule has 3 amide bonds. The van der Waals surface area contributed by atoms with Gasteiger partial charge in [-0.2, -0.15) is 11.8 Å². The summed E-state index contributed by atoms with van der Waals surface area (Å²) in [4.78, 5) is 60.8. The van der Waals surface area contributed by atoms with Gasteiger partial charge in [-0.1, -0.05) is 6.42 Å². The van der Waals surface area contributed by atoms with Crippen LogP contribution in [-0.4, -0.2) is 89.1 Å². The Bertz CT molecular complexity index is 697. The molecule has 0 radical (unpaired) electrons.